The van der Waals surface area contributed by atoms with Crippen LogP contribution in [0.2, 0.25) is 0 Å². The number of nitrogens with one attached hydrogen (secondary N) is 2. The summed E-state index contributed by atoms with van der Waals surface area (Å²) in [4.78, 5) is 0. The summed E-state index contributed by atoms with van der Waals surface area (Å²) in [5.41, 5.74) is 0.558. The van der Waals surface area contributed by atoms with E-state index in [1.165, 1.54) is 6.20 Å². The van der Waals surface area contributed by atoms with Gasteiger partial charge in [-0.15, -0.1) is 0 Å². The number of aromatic nitrogens is 2. The van der Waals surface area contributed by atoms with E-state index in [-0.39, 0.29) is 23.2 Å². The van der Waals surface area contributed by atoms with Gasteiger partial charge in [0.25, 0.3) is 0 Å². The Balaban J connectivity index is 2.91. The average molecular weight is 238 g/mol. The van der Waals surface area contributed by atoms with E-state index >= 15 is 0 Å². The number of likely N-dealkylation sites (N-methyl/N-ethyl adjacent to an activating group) is 1. The summed E-state index contributed by atoms with van der Waals surface area (Å²) in [5.74, 6) is 0.194. The van der Waals surface area contributed by atoms with Crippen molar-refractivity contribution in [3.8, 4) is 6.07 Å². The third-order valence-corrected chi connectivity index (χ3v) is 3.08. The topological polar surface area (TPSA) is 64.5 Å². The number of hydrogen-bond acceptors (Lipinski definition) is 3. The van der Waals surface area contributed by atoms with Crippen LogP contribution in [0.5, 0.6) is 0 Å². The predicted octanol–water partition coefficient (Wildman–Crippen LogP) is 2.32. The minimum Gasteiger partial charge on any atom is -0.311 e. The van der Waals surface area contributed by atoms with Gasteiger partial charge in [0.1, 0.15) is 6.07 Å². The first kappa shape index (κ1) is 13.7. The molecule has 2 N–H and O–H groups in total. The van der Waals surface area contributed by atoms with Gasteiger partial charge in [-0.05, 0) is 12.5 Å². The van der Waals surface area contributed by atoms with Crippen LogP contribution in [0, 0.1) is 17.2 Å². The van der Waals surface area contributed by atoms with Crippen molar-refractivity contribution in [1.29, 1.82) is 5.26 Å². The van der Waals surface area contributed by atoms with Crippen LogP contribution in [0.15, 0.2) is 6.20 Å². The standard InChI is InChI=1S/C12H19FN4/c1-4-8(3)11(15-5-2)10(13)12-9(6-14)7-16-17-12/h7-8,10-11,15H,4-5H2,1-3H3,(H,16,17)/t8-,10?,11+/m1/s1. The Kier molecular flexibility index (Phi) is 5.11. The average Bonchev–Trinajstić information content (AvgIpc) is 2.82. The fraction of sp³-hybridized carbons (Fsp3) is 0.667. The van der Waals surface area contributed by atoms with Crippen LogP contribution >= 0.6 is 0 Å². The molecule has 1 unspecified atom stereocenters. The molecule has 0 saturated carbocycles. The maximum absolute atomic E-state index is 14.4. The van der Waals surface area contributed by atoms with Crippen molar-refractivity contribution < 1.29 is 4.39 Å². The van der Waals surface area contributed by atoms with E-state index in [1.807, 2.05) is 26.8 Å². The Morgan fingerprint density at radius 2 is 2.29 bits per heavy atom. The summed E-state index contributed by atoms with van der Waals surface area (Å²) in [6.45, 7) is 6.67. The summed E-state index contributed by atoms with van der Waals surface area (Å²) in [7, 11) is 0. The van der Waals surface area contributed by atoms with Gasteiger partial charge in [0.15, 0.2) is 6.17 Å². The van der Waals surface area contributed by atoms with E-state index in [2.05, 4.69) is 15.5 Å². The molecule has 1 aromatic heterocycles. The van der Waals surface area contributed by atoms with Gasteiger partial charge < -0.3 is 5.32 Å². The van der Waals surface area contributed by atoms with E-state index < -0.39 is 6.17 Å². The van der Waals surface area contributed by atoms with Crippen LogP contribution in [0.4, 0.5) is 4.39 Å². The smallest absolute Gasteiger partial charge is 0.158 e. The number of H-pyrrole nitrogens is 1. The Hall–Kier alpha value is -1.41. The molecular weight excluding hydrogens is 219 g/mol. The van der Waals surface area contributed by atoms with E-state index in [4.69, 9.17) is 5.26 Å². The third-order valence-electron chi connectivity index (χ3n) is 3.08. The Labute approximate surface area is 101 Å². The quantitative estimate of drug-likeness (QED) is 0.799. The van der Waals surface area contributed by atoms with Crippen LogP contribution in [-0.2, 0) is 0 Å². The molecule has 94 valence electrons. The summed E-state index contributed by atoms with van der Waals surface area (Å²) in [6, 6.07) is 1.65. The molecule has 3 atom stereocenters. The highest BCUT2D eigenvalue weighted by atomic mass is 19.1. The summed E-state index contributed by atoms with van der Waals surface area (Å²) in [5, 5.41) is 18.3. The summed E-state index contributed by atoms with van der Waals surface area (Å²) < 4.78 is 14.4. The second-order valence-corrected chi connectivity index (χ2v) is 4.18. The summed E-state index contributed by atoms with van der Waals surface area (Å²) in [6.07, 6.45) is 1.01. The lowest BCUT2D eigenvalue weighted by molar-refractivity contribution is 0.196. The van der Waals surface area contributed by atoms with E-state index in [0.29, 0.717) is 6.54 Å². The van der Waals surface area contributed by atoms with Gasteiger partial charge in [0, 0.05) is 6.04 Å². The van der Waals surface area contributed by atoms with Crippen molar-refractivity contribution in [3.05, 3.63) is 17.5 Å². The highest BCUT2D eigenvalue weighted by molar-refractivity contribution is 5.32. The zero-order valence-corrected chi connectivity index (χ0v) is 10.5. The molecule has 0 aliphatic heterocycles. The fourth-order valence-corrected chi connectivity index (χ4v) is 1.86. The summed E-state index contributed by atoms with van der Waals surface area (Å²) >= 11 is 0. The SMILES string of the molecule is CCN[C@H](C(F)c1[nH]ncc1C#N)[C@H](C)CC. The lowest BCUT2D eigenvalue weighted by atomic mass is 9.92. The maximum Gasteiger partial charge on any atom is 0.158 e. The molecule has 0 aliphatic carbocycles. The first-order valence-electron chi connectivity index (χ1n) is 5.96. The van der Waals surface area contributed by atoms with Crippen molar-refractivity contribution >= 4 is 0 Å². The molecule has 0 fully saturated rings. The second-order valence-electron chi connectivity index (χ2n) is 4.18. The van der Waals surface area contributed by atoms with Crippen molar-refractivity contribution in [2.75, 3.05) is 6.54 Å². The molecule has 0 aromatic carbocycles. The first-order chi connectivity index (χ1) is 8.15. The van der Waals surface area contributed by atoms with Gasteiger partial charge in [-0.3, -0.25) is 5.10 Å². The van der Waals surface area contributed by atoms with Crippen LogP contribution < -0.4 is 5.32 Å². The molecule has 0 bridgehead atoms. The number of hydrogen-bond donors (Lipinski definition) is 2. The third kappa shape index (κ3) is 3.04. The van der Waals surface area contributed by atoms with Crippen molar-refractivity contribution in [2.24, 2.45) is 5.92 Å². The molecule has 1 rings (SSSR count). The van der Waals surface area contributed by atoms with Gasteiger partial charge in [0.2, 0.25) is 0 Å². The van der Waals surface area contributed by atoms with E-state index in [9.17, 15) is 4.39 Å². The van der Waals surface area contributed by atoms with Crippen LogP contribution in [-0.4, -0.2) is 22.8 Å². The highest BCUT2D eigenvalue weighted by Gasteiger charge is 2.29. The Morgan fingerprint density at radius 1 is 1.59 bits per heavy atom. The largest absolute Gasteiger partial charge is 0.311 e. The monoisotopic (exact) mass is 238 g/mol. The van der Waals surface area contributed by atoms with Gasteiger partial charge >= 0.3 is 0 Å². The number of aromatic amines is 1. The minimum atomic E-state index is -1.23. The van der Waals surface area contributed by atoms with Crippen molar-refractivity contribution in [2.45, 2.75) is 39.4 Å². The number of rotatable bonds is 6. The van der Waals surface area contributed by atoms with Gasteiger partial charge in [-0.1, -0.05) is 27.2 Å². The predicted molar refractivity (Wildman–Crippen MR) is 64.1 cm³/mol. The van der Waals surface area contributed by atoms with Crippen LogP contribution in [0.25, 0.3) is 0 Å². The molecule has 17 heavy (non-hydrogen) atoms. The number of nitrogens with zero attached hydrogens (tertiary/aromatic N) is 2. The molecule has 5 heteroatoms. The number of nitriles is 1. The second kappa shape index (κ2) is 6.36. The van der Waals surface area contributed by atoms with Gasteiger partial charge in [0.05, 0.1) is 17.5 Å². The molecule has 0 amide bonds. The molecule has 4 nitrogen and oxygen atoms in total. The Bertz CT molecular complexity index is 382. The zero-order chi connectivity index (χ0) is 12.8. The molecular formula is C12H19FN4. The molecule has 0 radical (unpaired) electrons. The highest BCUT2D eigenvalue weighted by Crippen LogP contribution is 2.27. The Morgan fingerprint density at radius 3 is 2.82 bits per heavy atom. The minimum absolute atomic E-state index is 0.194. The van der Waals surface area contributed by atoms with E-state index in [0.717, 1.165) is 6.42 Å². The maximum atomic E-state index is 14.4. The molecule has 0 spiro atoms. The molecule has 1 heterocycles. The van der Waals surface area contributed by atoms with E-state index in [1.54, 1.807) is 0 Å². The normalized spacial score (nSPS) is 16.2. The fourth-order valence-electron chi connectivity index (χ4n) is 1.86. The molecule has 1 aromatic rings. The molecule has 0 saturated heterocycles. The van der Waals surface area contributed by atoms with Crippen LogP contribution in [0.3, 0.4) is 0 Å². The number of halogens is 1. The van der Waals surface area contributed by atoms with Gasteiger partial charge in [-0.25, -0.2) is 4.39 Å². The van der Waals surface area contributed by atoms with Crippen molar-refractivity contribution in [1.82, 2.24) is 15.5 Å². The molecule has 0 aliphatic rings. The van der Waals surface area contributed by atoms with Gasteiger partial charge in [-0.2, -0.15) is 10.4 Å². The lowest BCUT2D eigenvalue weighted by Crippen LogP contribution is -2.38. The van der Waals surface area contributed by atoms with Crippen molar-refractivity contribution in [3.63, 3.8) is 0 Å². The van der Waals surface area contributed by atoms with Crippen LogP contribution in [0.1, 0.15) is 44.6 Å². The lowest BCUT2D eigenvalue weighted by Gasteiger charge is -2.26. The number of alkyl halides is 1. The first-order valence-corrected chi connectivity index (χ1v) is 5.96. The zero-order valence-electron chi connectivity index (χ0n) is 10.5.